The van der Waals surface area contributed by atoms with E-state index in [9.17, 15) is 0 Å². The van der Waals surface area contributed by atoms with Gasteiger partial charge < -0.3 is 5.32 Å². The molecule has 1 nitrogen and oxygen atoms in total. The van der Waals surface area contributed by atoms with Crippen LogP contribution in [0.25, 0.3) is 0 Å². The largest absolute Gasteiger partial charge is 0.341 e. The van der Waals surface area contributed by atoms with E-state index in [1.165, 1.54) is 86.6 Å². The van der Waals surface area contributed by atoms with Gasteiger partial charge in [0.15, 0.2) is 0 Å². The van der Waals surface area contributed by atoms with E-state index in [1.54, 1.807) is 11.8 Å². The molecule has 0 aliphatic rings. The van der Waals surface area contributed by atoms with Gasteiger partial charge in [0.05, 0.1) is 0 Å². The van der Waals surface area contributed by atoms with E-state index < -0.39 is 0 Å². The van der Waals surface area contributed by atoms with Gasteiger partial charge in [0, 0.05) is 11.4 Å². The second-order valence-electron chi connectivity index (χ2n) is 7.22. The first-order valence-corrected chi connectivity index (χ1v) is 11.5. The summed E-state index contributed by atoms with van der Waals surface area (Å²) in [6.07, 6.45) is 13.9. The molecule has 142 valence electrons. The van der Waals surface area contributed by atoms with E-state index in [-0.39, 0.29) is 0 Å². The molecule has 0 amide bonds. The lowest BCUT2D eigenvalue weighted by atomic mass is 10.1. The molecule has 0 saturated carbocycles. The molecule has 1 N–H and O–H groups in total. The average Bonchev–Trinajstić information content (AvgIpc) is 2.56. The van der Waals surface area contributed by atoms with Crippen LogP contribution in [0.3, 0.4) is 0 Å². The standard InChI is InChI=1S/C22H37NS2/c1-5-6-7-8-9-10-11-12-13-14-15-25-22(24)23-21-19(3)16-18(2)17-20(21)4/h16-17H,5-15H2,1-4H3,(H,23,24). The summed E-state index contributed by atoms with van der Waals surface area (Å²) >= 11 is 7.30. The molecule has 1 aromatic rings. The highest BCUT2D eigenvalue weighted by Crippen LogP contribution is 2.24. The van der Waals surface area contributed by atoms with Crippen LogP contribution in [-0.2, 0) is 0 Å². The van der Waals surface area contributed by atoms with E-state index >= 15 is 0 Å². The van der Waals surface area contributed by atoms with Gasteiger partial charge in [0.25, 0.3) is 0 Å². The third-order valence-corrected chi connectivity index (χ3v) is 5.95. The fraction of sp³-hybridized carbons (Fsp3) is 0.682. The van der Waals surface area contributed by atoms with Crippen molar-refractivity contribution in [1.29, 1.82) is 0 Å². The molecule has 3 heteroatoms. The number of anilines is 1. The van der Waals surface area contributed by atoms with Gasteiger partial charge in [-0.05, 0) is 38.3 Å². The number of benzene rings is 1. The molecule has 0 radical (unpaired) electrons. The summed E-state index contributed by atoms with van der Waals surface area (Å²) in [5.41, 5.74) is 5.05. The van der Waals surface area contributed by atoms with Crippen molar-refractivity contribution in [2.75, 3.05) is 11.1 Å². The minimum atomic E-state index is 0.908. The van der Waals surface area contributed by atoms with Crippen LogP contribution in [0.5, 0.6) is 0 Å². The lowest BCUT2D eigenvalue weighted by Crippen LogP contribution is -2.08. The number of nitrogens with one attached hydrogen (secondary N) is 1. The first-order valence-electron chi connectivity index (χ1n) is 10.1. The fourth-order valence-corrected chi connectivity index (χ4v) is 4.33. The monoisotopic (exact) mass is 379 g/mol. The molecule has 1 rings (SSSR count). The molecule has 0 atom stereocenters. The molecule has 0 aliphatic carbocycles. The van der Waals surface area contributed by atoms with Crippen molar-refractivity contribution in [3.8, 4) is 0 Å². The summed E-state index contributed by atoms with van der Waals surface area (Å²) in [5.74, 6) is 1.13. The smallest absolute Gasteiger partial charge is 0.138 e. The zero-order valence-electron chi connectivity index (χ0n) is 16.7. The number of thiocarbonyl (C=S) groups is 1. The van der Waals surface area contributed by atoms with E-state index in [0.717, 1.165) is 10.1 Å². The van der Waals surface area contributed by atoms with Crippen molar-refractivity contribution < 1.29 is 0 Å². The van der Waals surface area contributed by atoms with Crippen molar-refractivity contribution in [2.45, 2.75) is 91.9 Å². The Labute approximate surface area is 165 Å². The zero-order chi connectivity index (χ0) is 18.5. The van der Waals surface area contributed by atoms with Crippen LogP contribution < -0.4 is 5.32 Å². The predicted molar refractivity (Wildman–Crippen MR) is 121 cm³/mol. The minimum Gasteiger partial charge on any atom is -0.341 e. The average molecular weight is 380 g/mol. The molecular formula is C22H37NS2. The Balaban J connectivity index is 2.06. The van der Waals surface area contributed by atoms with Crippen molar-refractivity contribution in [2.24, 2.45) is 0 Å². The van der Waals surface area contributed by atoms with E-state index in [2.05, 4.69) is 45.1 Å². The van der Waals surface area contributed by atoms with Gasteiger partial charge in [-0.1, -0.05) is 106 Å². The highest BCUT2D eigenvalue weighted by Gasteiger charge is 2.06. The summed E-state index contributed by atoms with van der Waals surface area (Å²) in [6.45, 7) is 8.72. The Kier molecular flexibility index (Phi) is 12.3. The lowest BCUT2D eigenvalue weighted by Gasteiger charge is -2.14. The highest BCUT2D eigenvalue weighted by atomic mass is 32.2. The molecule has 0 heterocycles. The third-order valence-electron chi connectivity index (χ3n) is 4.64. The zero-order valence-corrected chi connectivity index (χ0v) is 18.4. The van der Waals surface area contributed by atoms with Gasteiger partial charge in [-0.25, -0.2) is 0 Å². The Morgan fingerprint density at radius 1 is 0.840 bits per heavy atom. The molecular weight excluding hydrogens is 342 g/mol. The van der Waals surface area contributed by atoms with Gasteiger partial charge >= 0.3 is 0 Å². The van der Waals surface area contributed by atoms with Gasteiger partial charge in [0.2, 0.25) is 0 Å². The van der Waals surface area contributed by atoms with E-state index in [0.29, 0.717) is 0 Å². The molecule has 0 fully saturated rings. The molecule has 0 bridgehead atoms. The first-order chi connectivity index (χ1) is 12.0. The summed E-state index contributed by atoms with van der Waals surface area (Å²) in [4.78, 5) is 0. The van der Waals surface area contributed by atoms with Gasteiger partial charge in [-0.15, -0.1) is 0 Å². The van der Waals surface area contributed by atoms with Gasteiger partial charge in [-0.3, -0.25) is 0 Å². The highest BCUT2D eigenvalue weighted by molar-refractivity contribution is 8.23. The number of aryl methyl sites for hydroxylation is 3. The fourth-order valence-electron chi connectivity index (χ4n) is 3.27. The van der Waals surface area contributed by atoms with Crippen LogP contribution >= 0.6 is 24.0 Å². The number of hydrogen-bond donors (Lipinski definition) is 1. The maximum atomic E-state index is 5.51. The Morgan fingerprint density at radius 2 is 1.32 bits per heavy atom. The number of unbranched alkanes of at least 4 members (excludes halogenated alkanes) is 9. The second-order valence-corrected chi connectivity index (χ2v) is 8.99. The molecule has 0 spiro atoms. The Morgan fingerprint density at radius 3 is 1.84 bits per heavy atom. The molecule has 0 saturated heterocycles. The number of thioether (sulfide) groups is 1. The number of rotatable bonds is 12. The van der Waals surface area contributed by atoms with E-state index in [1.807, 2.05) is 0 Å². The van der Waals surface area contributed by atoms with Crippen LogP contribution in [0, 0.1) is 20.8 Å². The number of hydrogen-bond acceptors (Lipinski definition) is 2. The summed E-state index contributed by atoms with van der Waals surface area (Å²) < 4.78 is 0.908. The molecule has 0 aliphatic heterocycles. The van der Waals surface area contributed by atoms with E-state index in [4.69, 9.17) is 12.2 Å². The van der Waals surface area contributed by atoms with Crippen LogP contribution in [0.15, 0.2) is 12.1 Å². The Bertz CT molecular complexity index is 488. The van der Waals surface area contributed by atoms with Crippen molar-refractivity contribution in [1.82, 2.24) is 0 Å². The van der Waals surface area contributed by atoms with Crippen LogP contribution in [0.2, 0.25) is 0 Å². The second kappa shape index (κ2) is 13.6. The maximum absolute atomic E-state index is 5.51. The minimum absolute atomic E-state index is 0.908. The molecule has 25 heavy (non-hydrogen) atoms. The quantitative estimate of drug-likeness (QED) is 0.292. The summed E-state index contributed by atoms with van der Waals surface area (Å²) in [7, 11) is 0. The SMILES string of the molecule is CCCCCCCCCCCCSC(=S)Nc1c(C)cc(C)cc1C. The normalized spacial score (nSPS) is 10.9. The predicted octanol–water partition coefficient (Wildman–Crippen LogP) is 7.96. The van der Waals surface area contributed by atoms with Crippen molar-refractivity contribution >= 4 is 34.0 Å². The Hall–Kier alpha value is -0.540. The first kappa shape index (κ1) is 22.5. The topological polar surface area (TPSA) is 12.0 Å². The maximum Gasteiger partial charge on any atom is 0.138 e. The lowest BCUT2D eigenvalue weighted by molar-refractivity contribution is 0.563. The van der Waals surface area contributed by atoms with Gasteiger partial charge in [0.1, 0.15) is 4.32 Å². The van der Waals surface area contributed by atoms with Crippen LogP contribution in [0.4, 0.5) is 5.69 Å². The van der Waals surface area contributed by atoms with Gasteiger partial charge in [-0.2, -0.15) is 0 Å². The summed E-state index contributed by atoms with van der Waals surface area (Å²) in [5, 5.41) is 3.44. The van der Waals surface area contributed by atoms with Crippen molar-refractivity contribution in [3.63, 3.8) is 0 Å². The third kappa shape index (κ3) is 10.3. The van der Waals surface area contributed by atoms with Crippen LogP contribution in [-0.4, -0.2) is 10.1 Å². The molecule has 1 aromatic carbocycles. The van der Waals surface area contributed by atoms with Crippen molar-refractivity contribution in [3.05, 3.63) is 28.8 Å². The molecule has 0 unspecified atom stereocenters. The summed E-state index contributed by atoms with van der Waals surface area (Å²) in [6, 6.07) is 4.43. The van der Waals surface area contributed by atoms with Crippen LogP contribution in [0.1, 0.15) is 87.8 Å². The molecule has 0 aromatic heterocycles.